The summed E-state index contributed by atoms with van der Waals surface area (Å²) in [6, 6.07) is 5.20. The summed E-state index contributed by atoms with van der Waals surface area (Å²) in [5.41, 5.74) is 0.753. The molecule has 1 aromatic rings. The molecule has 19 heavy (non-hydrogen) atoms. The van der Waals surface area contributed by atoms with Crippen LogP contribution in [0.5, 0.6) is 0 Å². The van der Waals surface area contributed by atoms with Gasteiger partial charge in [-0.1, -0.05) is 38.4 Å². The SMILES string of the molecule is CCNC(CC)C(C)Cc1c(Cl)cccc1[N+](=O)[O-]. The first-order valence-electron chi connectivity index (χ1n) is 6.66. The maximum atomic E-state index is 11.1. The average molecular weight is 285 g/mol. The van der Waals surface area contributed by atoms with Crippen LogP contribution in [0, 0.1) is 16.0 Å². The summed E-state index contributed by atoms with van der Waals surface area (Å²) in [7, 11) is 0. The van der Waals surface area contributed by atoms with Gasteiger partial charge in [0.1, 0.15) is 0 Å². The zero-order valence-electron chi connectivity index (χ0n) is 11.6. The summed E-state index contributed by atoms with van der Waals surface area (Å²) in [5.74, 6) is 0.295. The van der Waals surface area contributed by atoms with E-state index in [0.29, 0.717) is 29.0 Å². The minimum atomic E-state index is -0.359. The van der Waals surface area contributed by atoms with E-state index >= 15 is 0 Å². The molecule has 1 aromatic carbocycles. The Morgan fingerprint density at radius 2 is 2.11 bits per heavy atom. The van der Waals surface area contributed by atoms with Crippen LogP contribution in [0.3, 0.4) is 0 Å². The Labute approximate surface area is 119 Å². The van der Waals surface area contributed by atoms with Gasteiger partial charge in [-0.2, -0.15) is 0 Å². The molecule has 0 saturated heterocycles. The highest BCUT2D eigenvalue weighted by Crippen LogP contribution is 2.29. The van der Waals surface area contributed by atoms with Gasteiger partial charge in [-0.25, -0.2) is 0 Å². The summed E-state index contributed by atoms with van der Waals surface area (Å²) >= 11 is 6.12. The van der Waals surface area contributed by atoms with Crippen molar-refractivity contribution in [3.8, 4) is 0 Å². The number of nitrogens with one attached hydrogen (secondary N) is 1. The summed E-state index contributed by atoms with van der Waals surface area (Å²) in [6.07, 6.45) is 1.61. The van der Waals surface area contributed by atoms with E-state index in [4.69, 9.17) is 11.6 Å². The van der Waals surface area contributed by atoms with Gasteiger partial charge >= 0.3 is 0 Å². The largest absolute Gasteiger partial charge is 0.314 e. The highest BCUT2D eigenvalue weighted by molar-refractivity contribution is 6.31. The molecule has 5 heteroatoms. The van der Waals surface area contributed by atoms with Crippen molar-refractivity contribution in [3.05, 3.63) is 38.9 Å². The number of benzene rings is 1. The Morgan fingerprint density at radius 3 is 2.63 bits per heavy atom. The lowest BCUT2D eigenvalue weighted by molar-refractivity contribution is -0.385. The Balaban J connectivity index is 2.95. The van der Waals surface area contributed by atoms with E-state index in [0.717, 1.165) is 13.0 Å². The highest BCUT2D eigenvalue weighted by Gasteiger charge is 2.22. The third-order valence-corrected chi connectivity index (χ3v) is 3.76. The van der Waals surface area contributed by atoms with Gasteiger partial charge in [-0.3, -0.25) is 10.1 Å². The molecule has 2 atom stereocenters. The molecule has 0 bridgehead atoms. The monoisotopic (exact) mass is 284 g/mol. The van der Waals surface area contributed by atoms with Crippen LogP contribution >= 0.6 is 11.6 Å². The Hall–Kier alpha value is -1.13. The van der Waals surface area contributed by atoms with Gasteiger partial charge in [0.05, 0.1) is 9.95 Å². The molecule has 0 heterocycles. The van der Waals surface area contributed by atoms with Crippen LogP contribution in [-0.2, 0) is 6.42 Å². The molecule has 0 spiro atoms. The van der Waals surface area contributed by atoms with Gasteiger partial charge in [0.2, 0.25) is 0 Å². The molecule has 0 fully saturated rings. The predicted octanol–water partition coefficient (Wildman–Crippen LogP) is 3.81. The van der Waals surface area contributed by atoms with E-state index in [2.05, 4.69) is 26.1 Å². The van der Waals surface area contributed by atoms with Gasteiger partial charge in [0, 0.05) is 17.7 Å². The lowest BCUT2D eigenvalue weighted by Crippen LogP contribution is -2.35. The highest BCUT2D eigenvalue weighted by atomic mass is 35.5. The topological polar surface area (TPSA) is 55.2 Å². The number of nitro benzene ring substituents is 1. The average Bonchev–Trinajstić information content (AvgIpc) is 2.37. The standard InChI is InChI=1S/C14H21ClN2O2/c1-4-13(16-5-2)10(3)9-11-12(15)7-6-8-14(11)17(18)19/h6-8,10,13,16H,4-5,9H2,1-3H3. The summed E-state index contributed by atoms with van der Waals surface area (Å²) in [4.78, 5) is 10.7. The number of hydrogen-bond acceptors (Lipinski definition) is 3. The molecule has 0 saturated carbocycles. The molecule has 0 radical (unpaired) electrons. The second kappa shape index (κ2) is 7.46. The molecule has 0 amide bonds. The van der Waals surface area contributed by atoms with Crippen molar-refractivity contribution in [1.29, 1.82) is 0 Å². The smallest absolute Gasteiger partial charge is 0.274 e. The number of hydrogen-bond donors (Lipinski definition) is 1. The van der Waals surface area contributed by atoms with E-state index in [1.165, 1.54) is 6.07 Å². The van der Waals surface area contributed by atoms with Crippen molar-refractivity contribution in [1.82, 2.24) is 5.32 Å². The maximum absolute atomic E-state index is 11.1. The third-order valence-electron chi connectivity index (χ3n) is 3.41. The lowest BCUT2D eigenvalue weighted by atomic mass is 9.91. The van der Waals surface area contributed by atoms with Crippen molar-refractivity contribution in [2.75, 3.05) is 6.54 Å². The zero-order valence-corrected chi connectivity index (χ0v) is 12.4. The summed E-state index contributed by atoms with van der Waals surface area (Å²) in [5, 5.41) is 14.9. The molecule has 0 aliphatic carbocycles. The molecular formula is C14H21ClN2O2. The second-order valence-electron chi connectivity index (χ2n) is 4.75. The fourth-order valence-electron chi connectivity index (χ4n) is 2.39. The number of halogens is 1. The number of nitro groups is 1. The Kier molecular flexibility index (Phi) is 6.25. The summed E-state index contributed by atoms with van der Waals surface area (Å²) < 4.78 is 0. The van der Waals surface area contributed by atoms with Crippen LogP contribution in [0.2, 0.25) is 5.02 Å². The van der Waals surface area contributed by atoms with Crippen molar-refractivity contribution in [2.45, 2.75) is 39.7 Å². The number of rotatable bonds is 7. The maximum Gasteiger partial charge on any atom is 0.274 e. The van der Waals surface area contributed by atoms with E-state index in [1.807, 2.05) is 0 Å². The van der Waals surface area contributed by atoms with Crippen molar-refractivity contribution < 1.29 is 4.92 Å². The Bertz CT molecular complexity index is 437. The zero-order chi connectivity index (χ0) is 14.4. The van der Waals surface area contributed by atoms with Crippen LogP contribution < -0.4 is 5.32 Å². The first-order chi connectivity index (χ1) is 9.01. The molecule has 1 rings (SSSR count). The summed E-state index contributed by atoms with van der Waals surface area (Å²) in [6.45, 7) is 7.18. The predicted molar refractivity (Wildman–Crippen MR) is 78.7 cm³/mol. The van der Waals surface area contributed by atoms with Crippen LogP contribution in [-0.4, -0.2) is 17.5 Å². The second-order valence-corrected chi connectivity index (χ2v) is 5.16. The fourth-order valence-corrected chi connectivity index (χ4v) is 2.64. The molecule has 0 aliphatic rings. The van der Waals surface area contributed by atoms with E-state index in [9.17, 15) is 10.1 Å². The van der Waals surface area contributed by atoms with Gasteiger partial charge < -0.3 is 5.32 Å². The van der Waals surface area contributed by atoms with Crippen molar-refractivity contribution in [2.24, 2.45) is 5.92 Å². The van der Waals surface area contributed by atoms with Gasteiger partial charge in [-0.05, 0) is 31.4 Å². The normalized spacial score (nSPS) is 14.1. The van der Waals surface area contributed by atoms with Gasteiger partial charge in [0.15, 0.2) is 0 Å². The van der Waals surface area contributed by atoms with Crippen LogP contribution in [0.4, 0.5) is 5.69 Å². The Morgan fingerprint density at radius 1 is 1.42 bits per heavy atom. The molecule has 106 valence electrons. The fraction of sp³-hybridized carbons (Fsp3) is 0.571. The third kappa shape index (κ3) is 4.18. The lowest BCUT2D eigenvalue weighted by Gasteiger charge is -2.23. The molecule has 0 aliphatic heterocycles. The molecular weight excluding hydrogens is 264 g/mol. The number of nitrogens with zero attached hydrogens (tertiary/aromatic N) is 1. The van der Waals surface area contributed by atoms with Crippen LogP contribution in [0.1, 0.15) is 32.8 Å². The minimum Gasteiger partial charge on any atom is -0.314 e. The van der Waals surface area contributed by atoms with E-state index in [-0.39, 0.29) is 10.6 Å². The van der Waals surface area contributed by atoms with Crippen LogP contribution in [0.25, 0.3) is 0 Å². The van der Waals surface area contributed by atoms with Gasteiger partial charge in [0.25, 0.3) is 5.69 Å². The first kappa shape index (κ1) is 15.9. The molecule has 1 N–H and O–H groups in total. The molecule has 4 nitrogen and oxygen atoms in total. The van der Waals surface area contributed by atoms with Crippen molar-refractivity contribution >= 4 is 17.3 Å². The van der Waals surface area contributed by atoms with Gasteiger partial charge in [-0.15, -0.1) is 0 Å². The van der Waals surface area contributed by atoms with E-state index in [1.54, 1.807) is 12.1 Å². The minimum absolute atomic E-state index is 0.116. The quantitative estimate of drug-likeness (QED) is 0.612. The molecule has 2 unspecified atom stereocenters. The van der Waals surface area contributed by atoms with Crippen LogP contribution in [0.15, 0.2) is 18.2 Å². The van der Waals surface area contributed by atoms with E-state index < -0.39 is 0 Å². The molecule has 0 aromatic heterocycles. The first-order valence-corrected chi connectivity index (χ1v) is 7.04. The van der Waals surface area contributed by atoms with Crippen molar-refractivity contribution in [3.63, 3.8) is 0 Å².